The maximum Gasteiger partial charge on any atom is 0.276 e. The zero-order chi connectivity index (χ0) is 31.2. The maximum atomic E-state index is 14.4. The summed E-state index contributed by atoms with van der Waals surface area (Å²) < 4.78 is 7.46. The Morgan fingerprint density at radius 2 is 1.75 bits per heavy atom. The van der Waals surface area contributed by atoms with Gasteiger partial charge in [0.25, 0.3) is 5.91 Å². The molecule has 9 nitrogen and oxygen atoms in total. The van der Waals surface area contributed by atoms with E-state index in [1.165, 1.54) is 5.56 Å². The van der Waals surface area contributed by atoms with E-state index in [-0.39, 0.29) is 17.5 Å². The molecule has 0 N–H and O–H groups in total. The molecule has 0 saturated carbocycles. The average Bonchev–Trinajstić information content (AvgIpc) is 3.52. The Kier molecular flexibility index (Phi) is 10.2. The molecule has 0 unspecified atom stereocenters. The molecule has 0 atom stereocenters. The van der Waals surface area contributed by atoms with Crippen LogP contribution in [0.25, 0.3) is 0 Å². The number of anilines is 1. The van der Waals surface area contributed by atoms with Crippen molar-refractivity contribution in [3.05, 3.63) is 99.2 Å². The maximum absolute atomic E-state index is 14.4. The topological polar surface area (TPSA) is 87.7 Å². The van der Waals surface area contributed by atoms with Crippen LogP contribution in [0, 0.1) is 20.8 Å². The molecule has 1 aliphatic rings. The van der Waals surface area contributed by atoms with Crippen LogP contribution in [0.4, 0.5) is 5.69 Å². The van der Waals surface area contributed by atoms with E-state index < -0.39 is 0 Å². The van der Waals surface area contributed by atoms with Crippen molar-refractivity contribution < 1.29 is 14.1 Å². The van der Waals surface area contributed by atoms with E-state index in [2.05, 4.69) is 27.3 Å². The Labute approximate surface area is 264 Å². The van der Waals surface area contributed by atoms with E-state index in [1.54, 1.807) is 0 Å². The summed E-state index contributed by atoms with van der Waals surface area (Å²) in [7, 11) is 0. The molecule has 0 bridgehead atoms. The second-order valence-electron chi connectivity index (χ2n) is 11.6. The van der Waals surface area contributed by atoms with Crippen LogP contribution in [0.15, 0.2) is 59.1 Å². The van der Waals surface area contributed by atoms with Crippen molar-refractivity contribution in [2.45, 2.75) is 66.6 Å². The smallest absolute Gasteiger partial charge is 0.276 e. The van der Waals surface area contributed by atoms with Gasteiger partial charge < -0.3 is 14.3 Å². The number of amides is 2. The molecule has 0 aliphatic carbocycles. The largest absolute Gasteiger partial charge is 0.361 e. The molecular formula is C34H41ClN6O3. The molecule has 3 heterocycles. The van der Waals surface area contributed by atoms with E-state index in [0.717, 1.165) is 48.6 Å². The van der Waals surface area contributed by atoms with Crippen molar-refractivity contribution in [2.75, 3.05) is 31.1 Å². The number of benzene rings is 2. The van der Waals surface area contributed by atoms with Gasteiger partial charge in [-0.1, -0.05) is 60.1 Å². The number of carbonyl (C=O) groups is 2. The van der Waals surface area contributed by atoms with E-state index in [4.69, 9.17) is 16.1 Å². The lowest BCUT2D eigenvalue weighted by atomic mass is 10.1. The van der Waals surface area contributed by atoms with Gasteiger partial charge in [0.15, 0.2) is 5.69 Å². The number of aromatic nitrogens is 3. The average molecular weight is 617 g/mol. The van der Waals surface area contributed by atoms with Crippen molar-refractivity contribution >= 4 is 29.1 Å². The molecule has 44 heavy (non-hydrogen) atoms. The van der Waals surface area contributed by atoms with Crippen LogP contribution in [-0.4, -0.2) is 62.7 Å². The number of aryl methyl sites for hydroxylation is 3. The van der Waals surface area contributed by atoms with Crippen molar-refractivity contribution in [3.8, 4) is 0 Å². The highest BCUT2D eigenvalue weighted by Crippen LogP contribution is 2.29. The van der Waals surface area contributed by atoms with Crippen LogP contribution >= 0.6 is 11.6 Å². The number of hydrogen-bond donors (Lipinski definition) is 0. The van der Waals surface area contributed by atoms with Gasteiger partial charge in [-0.05, 0) is 62.9 Å². The highest BCUT2D eigenvalue weighted by molar-refractivity contribution is 6.31. The van der Waals surface area contributed by atoms with Gasteiger partial charge in [-0.3, -0.25) is 19.2 Å². The number of halogens is 1. The molecule has 232 valence electrons. The highest BCUT2D eigenvalue weighted by Gasteiger charge is 2.29. The lowest BCUT2D eigenvalue weighted by Gasteiger charge is -2.28. The lowest BCUT2D eigenvalue weighted by Crippen LogP contribution is -2.39. The molecule has 2 aromatic carbocycles. The quantitative estimate of drug-likeness (QED) is 0.246. The standard InChI is InChI=1S/C34H41ClN6O3/c1-5-10-32(42)40-16-9-15-38(21-27-11-7-6-8-12-27)17-18-39(22-28-13-14-29(35)20-31(28)40)34(43)33-30(26(4)44-37-33)23-41-25(3)19-24(2)36-41/h6-8,11-14,19-20H,5,9-10,15-18,21-23H2,1-4H3. The van der Waals surface area contributed by atoms with Gasteiger partial charge in [0.1, 0.15) is 5.76 Å². The predicted octanol–water partition coefficient (Wildman–Crippen LogP) is 6.18. The van der Waals surface area contributed by atoms with Gasteiger partial charge in [-0.15, -0.1) is 0 Å². The molecule has 0 saturated heterocycles. The van der Waals surface area contributed by atoms with Gasteiger partial charge in [0, 0.05) is 62.0 Å². The zero-order valence-electron chi connectivity index (χ0n) is 26.1. The minimum absolute atomic E-state index is 0.0575. The van der Waals surface area contributed by atoms with Crippen LogP contribution in [-0.2, 0) is 24.4 Å². The van der Waals surface area contributed by atoms with Crippen molar-refractivity contribution in [3.63, 3.8) is 0 Å². The van der Waals surface area contributed by atoms with Crippen molar-refractivity contribution in [1.29, 1.82) is 0 Å². The van der Waals surface area contributed by atoms with Crippen molar-refractivity contribution in [2.24, 2.45) is 0 Å². The Bertz CT molecular complexity index is 1600. The fraction of sp³-hybridized carbons (Fsp3) is 0.412. The number of hydrogen-bond acceptors (Lipinski definition) is 6. The Balaban J connectivity index is 1.52. The highest BCUT2D eigenvalue weighted by atomic mass is 35.5. The molecule has 2 amide bonds. The van der Waals surface area contributed by atoms with E-state index in [1.807, 2.05) is 84.6 Å². The SMILES string of the molecule is CCCC(=O)N1CCCN(Cc2ccccc2)CCN(C(=O)c2noc(C)c2Cn2nc(C)cc2C)Cc2ccc(Cl)cc21. The van der Waals surface area contributed by atoms with Gasteiger partial charge in [-0.2, -0.15) is 5.10 Å². The summed E-state index contributed by atoms with van der Waals surface area (Å²) in [6, 6.07) is 17.9. The number of rotatable bonds is 7. The molecule has 0 radical (unpaired) electrons. The molecule has 1 aliphatic heterocycles. The molecule has 10 heteroatoms. The second-order valence-corrected chi connectivity index (χ2v) is 12.0. The molecule has 0 spiro atoms. The molecule has 5 rings (SSSR count). The Hall–Kier alpha value is -3.95. The first-order valence-corrected chi connectivity index (χ1v) is 15.7. The summed E-state index contributed by atoms with van der Waals surface area (Å²) in [5, 5.41) is 9.40. The third-order valence-electron chi connectivity index (χ3n) is 8.14. The molecule has 2 aromatic heterocycles. The fourth-order valence-corrected chi connectivity index (χ4v) is 5.98. The fourth-order valence-electron chi connectivity index (χ4n) is 5.81. The Morgan fingerprint density at radius 3 is 2.48 bits per heavy atom. The second kappa shape index (κ2) is 14.2. The van der Waals surface area contributed by atoms with Gasteiger partial charge >= 0.3 is 0 Å². The summed E-state index contributed by atoms with van der Waals surface area (Å²) in [5.41, 5.74) is 5.73. The summed E-state index contributed by atoms with van der Waals surface area (Å²) >= 11 is 6.49. The Morgan fingerprint density at radius 1 is 0.955 bits per heavy atom. The molecular weight excluding hydrogens is 576 g/mol. The minimum Gasteiger partial charge on any atom is -0.361 e. The minimum atomic E-state index is -0.218. The van der Waals surface area contributed by atoms with Crippen LogP contribution < -0.4 is 4.90 Å². The summed E-state index contributed by atoms with van der Waals surface area (Å²) in [4.78, 5) is 33.8. The van der Waals surface area contributed by atoms with Crippen molar-refractivity contribution in [1.82, 2.24) is 24.7 Å². The third-order valence-corrected chi connectivity index (χ3v) is 8.38. The monoisotopic (exact) mass is 616 g/mol. The number of carbonyl (C=O) groups excluding carboxylic acids is 2. The summed E-state index contributed by atoms with van der Waals surface area (Å²) in [6.45, 7) is 11.7. The van der Waals surface area contributed by atoms with Crippen LogP contribution in [0.3, 0.4) is 0 Å². The van der Waals surface area contributed by atoms with E-state index >= 15 is 0 Å². The van der Waals surface area contributed by atoms with Gasteiger partial charge in [-0.25, -0.2) is 0 Å². The first kappa shape index (κ1) is 31.5. The summed E-state index contributed by atoms with van der Waals surface area (Å²) in [5.74, 6) is 0.430. The molecule has 4 aromatic rings. The van der Waals surface area contributed by atoms with E-state index in [0.29, 0.717) is 55.5 Å². The van der Waals surface area contributed by atoms with Gasteiger partial charge in [0.2, 0.25) is 5.91 Å². The number of nitrogens with zero attached hydrogens (tertiary/aromatic N) is 6. The normalized spacial score (nSPS) is 14.8. The first-order chi connectivity index (χ1) is 21.2. The zero-order valence-corrected chi connectivity index (χ0v) is 26.8. The third kappa shape index (κ3) is 7.39. The summed E-state index contributed by atoms with van der Waals surface area (Å²) in [6.07, 6.45) is 1.98. The predicted molar refractivity (Wildman–Crippen MR) is 172 cm³/mol. The van der Waals surface area contributed by atoms with Gasteiger partial charge in [0.05, 0.1) is 17.9 Å². The molecule has 0 fully saturated rings. The number of fused-ring (bicyclic) bond motifs is 1. The van der Waals surface area contributed by atoms with E-state index in [9.17, 15) is 9.59 Å². The first-order valence-electron chi connectivity index (χ1n) is 15.3. The van der Waals surface area contributed by atoms with Crippen LogP contribution in [0.2, 0.25) is 5.02 Å². The van der Waals surface area contributed by atoms with Crippen LogP contribution in [0.1, 0.15) is 70.5 Å². The van der Waals surface area contributed by atoms with Crippen LogP contribution in [0.5, 0.6) is 0 Å². The lowest BCUT2D eigenvalue weighted by molar-refractivity contribution is -0.118.